The minimum atomic E-state index is -0.788. The molecule has 0 aliphatic carbocycles. The third-order valence-corrected chi connectivity index (χ3v) is 11.7. The summed E-state index contributed by atoms with van der Waals surface area (Å²) >= 11 is 0. The van der Waals surface area contributed by atoms with Crippen molar-refractivity contribution in [2.24, 2.45) is 0 Å². The van der Waals surface area contributed by atoms with Crippen molar-refractivity contribution in [2.75, 3.05) is 13.2 Å². The first-order valence-electron chi connectivity index (χ1n) is 27.4. The highest BCUT2D eigenvalue weighted by Crippen LogP contribution is 2.15. The third-order valence-electron chi connectivity index (χ3n) is 11.7. The summed E-state index contributed by atoms with van der Waals surface area (Å²) in [6, 6.07) is 0. The molecule has 0 saturated carbocycles. The number of esters is 3. The van der Waals surface area contributed by atoms with Gasteiger partial charge >= 0.3 is 17.9 Å². The summed E-state index contributed by atoms with van der Waals surface area (Å²) < 4.78 is 16.8. The number of ether oxygens (including phenoxy) is 3. The van der Waals surface area contributed by atoms with Crippen molar-refractivity contribution >= 4 is 17.9 Å². The molecule has 0 aromatic carbocycles. The fraction of sp³-hybridized carbons (Fsp3) is 0.746. The van der Waals surface area contributed by atoms with Crippen LogP contribution in [0, 0.1) is 0 Å². The molecule has 374 valence electrons. The van der Waals surface area contributed by atoms with Crippen molar-refractivity contribution in [1.29, 1.82) is 0 Å². The molecule has 0 spiro atoms. The van der Waals surface area contributed by atoms with Gasteiger partial charge in [0.1, 0.15) is 13.2 Å². The molecule has 0 aromatic rings. The van der Waals surface area contributed by atoms with Gasteiger partial charge in [0.25, 0.3) is 0 Å². The van der Waals surface area contributed by atoms with E-state index in [2.05, 4.69) is 93.7 Å². The monoisotopic (exact) mass is 907 g/mol. The Bertz CT molecular complexity index is 1230. The third kappa shape index (κ3) is 51.7. The number of unbranched alkanes of at least 4 members (excludes halogenated alkanes) is 26. The van der Waals surface area contributed by atoms with Crippen LogP contribution >= 0.6 is 0 Å². The van der Waals surface area contributed by atoms with Gasteiger partial charge in [-0.15, -0.1) is 0 Å². The molecular formula is C59H102O6. The van der Waals surface area contributed by atoms with Crippen LogP contribution in [0.5, 0.6) is 0 Å². The number of carbonyl (C=O) groups excluding carboxylic acids is 3. The molecule has 0 N–H and O–H groups in total. The molecule has 0 amide bonds. The van der Waals surface area contributed by atoms with Crippen LogP contribution in [0.4, 0.5) is 0 Å². The Kier molecular flexibility index (Phi) is 50.9. The lowest BCUT2D eigenvalue weighted by molar-refractivity contribution is -0.167. The normalized spacial score (nSPS) is 12.6. The van der Waals surface area contributed by atoms with Crippen molar-refractivity contribution < 1.29 is 28.6 Å². The lowest BCUT2D eigenvalue weighted by atomic mass is 10.1. The number of hydrogen-bond donors (Lipinski definition) is 0. The summed E-state index contributed by atoms with van der Waals surface area (Å²) in [7, 11) is 0. The zero-order valence-corrected chi connectivity index (χ0v) is 42.7. The predicted octanol–water partition coefficient (Wildman–Crippen LogP) is 18.2. The van der Waals surface area contributed by atoms with Gasteiger partial charge in [0, 0.05) is 19.3 Å². The average Bonchev–Trinajstić information content (AvgIpc) is 3.30. The zero-order valence-electron chi connectivity index (χ0n) is 42.7. The van der Waals surface area contributed by atoms with Gasteiger partial charge in [0.2, 0.25) is 0 Å². The van der Waals surface area contributed by atoms with Gasteiger partial charge in [-0.25, -0.2) is 0 Å². The smallest absolute Gasteiger partial charge is 0.306 e. The Morgan fingerprint density at radius 1 is 0.323 bits per heavy atom. The summed E-state index contributed by atoms with van der Waals surface area (Å²) in [6.45, 7) is 6.49. The molecule has 0 rings (SSSR count). The van der Waals surface area contributed by atoms with E-state index >= 15 is 0 Å². The fourth-order valence-electron chi connectivity index (χ4n) is 7.58. The van der Waals surface area contributed by atoms with Crippen molar-refractivity contribution in [3.8, 4) is 0 Å². The van der Waals surface area contributed by atoms with E-state index in [-0.39, 0.29) is 31.1 Å². The fourth-order valence-corrected chi connectivity index (χ4v) is 7.58. The number of hydrogen-bond acceptors (Lipinski definition) is 6. The SMILES string of the molecule is CC/C=C\C/C=C\C/C=C\CCCCCCCC(=O)OC(COC(=O)CCCCCCCC/C=C\C/C=C\C/C=C\CCCCCCC)COC(=O)CCCCCCCCCCCCC. The van der Waals surface area contributed by atoms with Gasteiger partial charge in [-0.2, -0.15) is 0 Å². The second-order valence-corrected chi connectivity index (χ2v) is 18.1. The highest BCUT2D eigenvalue weighted by Gasteiger charge is 2.19. The molecule has 1 atom stereocenters. The Labute approximate surface area is 402 Å². The lowest BCUT2D eigenvalue weighted by Crippen LogP contribution is -2.30. The van der Waals surface area contributed by atoms with E-state index in [0.29, 0.717) is 19.3 Å². The van der Waals surface area contributed by atoms with Gasteiger partial charge in [0.05, 0.1) is 0 Å². The Morgan fingerprint density at radius 3 is 0.938 bits per heavy atom. The molecule has 6 nitrogen and oxygen atoms in total. The van der Waals surface area contributed by atoms with Crippen LogP contribution in [0.3, 0.4) is 0 Å². The zero-order chi connectivity index (χ0) is 47.2. The molecule has 65 heavy (non-hydrogen) atoms. The van der Waals surface area contributed by atoms with Gasteiger partial charge in [-0.3, -0.25) is 14.4 Å². The molecule has 1 unspecified atom stereocenters. The molecule has 0 fully saturated rings. The quantitative estimate of drug-likeness (QED) is 0.0262. The second kappa shape index (κ2) is 53.5. The van der Waals surface area contributed by atoms with E-state index in [1.807, 2.05) is 0 Å². The lowest BCUT2D eigenvalue weighted by Gasteiger charge is -2.18. The van der Waals surface area contributed by atoms with E-state index in [4.69, 9.17) is 14.2 Å². The highest BCUT2D eigenvalue weighted by molar-refractivity contribution is 5.71. The molecule has 6 heteroatoms. The summed E-state index contributed by atoms with van der Waals surface area (Å²) in [4.78, 5) is 38.0. The Morgan fingerprint density at radius 2 is 0.600 bits per heavy atom. The maximum absolute atomic E-state index is 12.8. The molecule has 0 bridgehead atoms. The first kappa shape index (κ1) is 61.9. The average molecular weight is 907 g/mol. The van der Waals surface area contributed by atoms with Crippen LogP contribution in [0.1, 0.15) is 265 Å². The number of allylic oxidation sites excluding steroid dienone is 12. The van der Waals surface area contributed by atoms with Crippen LogP contribution in [0.2, 0.25) is 0 Å². The predicted molar refractivity (Wildman–Crippen MR) is 279 cm³/mol. The van der Waals surface area contributed by atoms with Gasteiger partial charge in [-0.05, 0) is 89.9 Å². The topological polar surface area (TPSA) is 78.9 Å². The van der Waals surface area contributed by atoms with Crippen molar-refractivity contribution in [1.82, 2.24) is 0 Å². The van der Waals surface area contributed by atoms with E-state index in [9.17, 15) is 14.4 Å². The molecule has 0 saturated heterocycles. The van der Waals surface area contributed by atoms with Crippen LogP contribution in [-0.4, -0.2) is 37.2 Å². The molecule has 0 heterocycles. The maximum atomic E-state index is 12.8. The van der Waals surface area contributed by atoms with Gasteiger partial charge in [-0.1, -0.05) is 229 Å². The van der Waals surface area contributed by atoms with E-state index < -0.39 is 6.10 Å². The minimum absolute atomic E-state index is 0.0854. The van der Waals surface area contributed by atoms with Crippen molar-refractivity contribution in [2.45, 2.75) is 271 Å². The van der Waals surface area contributed by atoms with E-state index in [0.717, 1.165) is 116 Å². The maximum Gasteiger partial charge on any atom is 0.306 e. The molecule has 0 aromatic heterocycles. The first-order valence-corrected chi connectivity index (χ1v) is 27.4. The molecule has 0 aliphatic rings. The van der Waals surface area contributed by atoms with Gasteiger partial charge in [0.15, 0.2) is 6.10 Å². The number of carbonyl (C=O) groups is 3. The van der Waals surface area contributed by atoms with Crippen LogP contribution in [0.15, 0.2) is 72.9 Å². The summed E-state index contributed by atoms with van der Waals surface area (Å²) in [5, 5.41) is 0. The summed E-state index contributed by atoms with van der Waals surface area (Å²) in [6.07, 6.45) is 67.4. The molecule has 0 aliphatic heterocycles. The first-order chi connectivity index (χ1) is 32.0. The molecule has 0 radical (unpaired) electrons. The summed E-state index contributed by atoms with van der Waals surface area (Å²) in [5.74, 6) is -0.912. The summed E-state index contributed by atoms with van der Waals surface area (Å²) in [5.41, 5.74) is 0. The Hall–Kier alpha value is -3.15. The Balaban J connectivity index is 4.37. The van der Waals surface area contributed by atoms with E-state index in [1.54, 1.807) is 0 Å². The van der Waals surface area contributed by atoms with Crippen LogP contribution in [0.25, 0.3) is 0 Å². The highest BCUT2D eigenvalue weighted by atomic mass is 16.6. The minimum Gasteiger partial charge on any atom is -0.462 e. The van der Waals surface area contributed by atoms with Crippen LogP contribution in [-0.2, 0) is 28.6 Å². The van der Waals surface area contributed by atoms with Crippen molar-refractivity contribution in [3.05, 3.63) is 72.9 Å². The standard InChI is InChI=1S/C59H102O6/c1-4-7-10-13-16-19-22-24-26-27-28-29-30-31-33-34-37-40-43-46-49-52-58(61)64-55-56(54-63-57(60)51-48-45-42-39-36-21-18-15-12-9-6-3)65-59(62)53-50-47-44-41-38-35-32-25-23-20-17-14-11-8-5-2/h8,11,17,20,22,24-25,27-28,30-32,56H,4-7,9-10,12-16,18-19,21,23,26,29,33-55H2,1-3H3/b11-8-,20-17-,24-22-,28-27-,31-30-,32-25-. The number of rotatable bonds is 49. The molecular weight excluding hydrogens is 805 g/mol. The van der Waals surface area contributed by atoms with Crippen LogP contribution < -0.4 is 0 Å². The largest absolute Gasteiger partial charge is 0.462 e. The second-order valence-electron chi connectivity index (χ2n) is 18.1. The van der Waals surface area contributed by atoms with Gasteiger partial charge < -0.3 is 14.2 Å². The van der Waals surface area contributed by atoms with E-state index in [1.165, 1.54) is 109 Å². The van der Waals surface area contributed by atoms with Crippen molar-refractivity contribution in [3.63, 3.8) is 0 Å².